The van der Waals surface area contributed by atoms with Crippen molar-refractivity contribution in [1.82, 2.24) is 19.6 Å². The molecule has 1 N–H and O–H groups in total. The molecule has 1 aliphatic heterocycles. The summed E-state index contributed by atoms with van der Waals surface area (Å²) in [6, 6.07) is 15.9. The maximum Gasteiger partial charge on any atom is 0.247 e. The molecule has 7 heteroatoms. The van der Waals surface area contributed by atoms with Gasteiger partial charge in [-0.3, -0.25) is 4.79 Å². The van der Waals surface area contributed by atoms with Gasteiger partial charge >= 0.3 is 0 Å². The van der Waals surface area contributed by atoms with Gasteiger partial charge in [0.2, 0.25) is 5.91 Å². The van der Waals surface area contributed by atoms with Gasteiger partial charge in [-0.1, -0.05) is 12.1 Å². The standard InChI is InChI=1S/C24H22N6O/c1-15-7-8-17(13-19(15)23-26-14-18-5-4-10-29(18)28-23)27-24(31)21-12-16-11-20(16)30(21)22-6-2-3-9-25-22/h2-10,13-14,16,20-21H,11-12H2,1H3,(H,27,31). The minimum absolute atomic E-state index is 0.00874. The molecule has 6 rings (SSSR count). The van der Waals surface area contributed by atoms with Gasteiger partial charge in [0.15, 0.2) is 5.82 Å². The van der Waals surface area contributed by atoms with E-state index in [1.165, 1.54) is 0 Å². The van der Waals surface area contributed by atoms with Crippen molar-refractivity contribution in [2.75, 3.05) is 10.2 Å². The number of amides is 1. The normalized spacial score (nSPS) is 21.8. The molecule has 3 unspecified atom stereocenters. The highest BCUT2D eigenvalue weighted by Crippen LogP contribution is 2.49. The number of fused-ring (bicyclic) bond motifs is 2. The lowest BCUT2D eigenvalue weighted by Gasteiger charge is -2.27. The molecule has 0 radical (unpaired) electrons. The predicted octanol–water partition coefficient (Wildman–Crippen LogP) is 3.71. The van der Waals surface area contributed by atoms with Gasteiger partial charge in [-0.15, -0.1) is 5.10 Å². The lowest BCUT2D eigenvalue weighted by molar-refractivity contribution is -0.117. The van der Waals surface area contributed by atoms with Crippen molar-refractivity contribution < 1.29 is 4.79 Å². The van der Waals surface area contributed by atoms with Crippen LogP contribution in [0.15, 0.2) is 67.1 Å². The van der Waals surface area contributed by atoms with Crippen molar-refractivity contribution in [3.63, 3.8) is 0 Å². The number of aromatic nitrogens is 4. The molecule has 3 atom stereocenters. The van der Waals surface area contributed by atoms with Gasteiger partial charge in [0.1, 0.15) is 11.9 Å². The van der Waals surface area contributed by atoms with Crippen molar-refractivity contribution in [3.8, 4) is 11.4 Å². The summed E-state index contributed by atoms with van der Waals surface area (Å²) in [6.45, 7) is 2.03. The number of hydrogen-bond acceptors (Lipinski definition) is 5. The number of carbonyl (C=O) groups excluding carboxylic acids is 1. The van der Waals surface area contributed by atoms with Crippen LogP contribution in [0.4, 0.5) is 11.5 Å². The number of anilines is 2. The van der Waals surface area contributed by atoms with Crippen molar-refractivity contribution in [2.24, 2.45) is 5.92 Å². The number of rotatable bonds is 4. The Balaban J connectivity index is 1.27. The first-order valence-corrected chi connectivity index (χ1v) is 10.6. The molecule has 1 saturated heterocycles. The van der Waals surface area contributed by atoms with Gasteiger partial charge in [0, 0.05) is 29.7 Å². The minimum Gasteiger partial charge on any atom is -0.341 e. The van der Waals surface area contributed by atoms with Crippen LogP contribution in [0.1, 0.15) is 18.4 Å². The Morgan fingerprint density at radius 2 is 2.03 bits per heavy atom. The number of carbonyl (C=O) groups is 1. The van der Waals surface area contributed by atoms with Crippen LogP contribution in [0.5, 0.6) is 0 Å². The Kier molecular flexibility index (Phi) is 4.02. The van der Waals surface area contributed by atoms with E-state index in [2.05, 4.69) is 25.3 Å². The van der Waals surface area contributed by atoms with Gasteiger partial charge in [0.05, 0.1) is 11.7 Å². The third-order valence-corrected chi connectivity index (χ3v) is 6.35. The summed E-state index contributed by atoms with van der Waals surface area (Å²) in [5.74, 6) is 2.11. The molecule has 0 bridgehead atoms. The predicted molar refractivity (Wildman–Crippen MR) is 119 cm³/mol. The second-order valence-electron chi connectivity index (χ2n) is 8.39. The van der Waals surface area contributed by atoms with Gasteiger partial charge in [0.25, 0.3) is 0 Å². The minimum atomic E-state index is -0.198. The number of benzene rings is 1. The average molecular weight is 410 g/mol. The zero-order valence-electron chi connectivity index (χ0n) is 17.1. The van der Waals surface area contributed by atoms with Crippen LogP contribution in [-0.2, 0) is 4.79 Å². The highest BCUT2D eigenvalue weighted by atomic mass is 16.2. The molecule has 2 fully saturated rings. The fourth-order valence-corrected chi connectivity index (χ4v) is 4.65. The first kappa shape index (κ1) is 18.1. The van der Waals surface area contributed by atoms with Crippen molar-refractivity contribution in [3.05, 3.63) is 72.7 Å². The Hall–Kier alpha value is -3.74. The largest absolute Gasteiger partial charge is 0.341 e. The number of aryl methyl sites for hydroxylation is 1. The molecule has 4 aromatic rings. The van der Waals surface area contributed by atoms with Crippen molar-refractivity contribution in [2.45, 2.75) is 31.8 Å². The van der Waals surface area contributed by atoms with Gasteiger partial charge in [-0.2, -0.15) is 0 Å². The lowest BCUT2D eigenvalue weighted by atomic mass is 10.1. The molecule has 4 heterocycles. The first-order chi connectivity index (χ1) is 15.2. The maximum absolute atomic E-state index is 13.2. The molecule has 1 saturated carbocycles. The third-order valence-electron chi connectivity index (χ3n) is 6.35. The molecule has 1 amide bonds. The lowest BCUT2D eigenvalue weighted by Crippen LogP contribution is -2.42. The molecule has 0 spiro atoms. The zero-order chi connectivity index (χ0) is 20.9. The van der Waals surface area contributed by atoms with Crippen molar-refractivity contribution in [1.29, 1.82) is 0 Å². The van der Waals surface area contributed by atoms with E-state index < -0.39 is 0 Å². The molecule has 7 nitrogen and oxygen atoms in total. The van der Waals surface area contributed by atoms with E-state index in [4.69, 9.17) is 0 Å². The Labute approximate surface area is 179 Å². The maximum atomic E-state index is 13.2. The molecule has 31 heavy (non-hydrogen) atoms. The Morgan fingerprint density at radius 3 is 2.90 bits per heavy atom. The Morgan fingerprint density at radius 1 is 1.10 bits per heavy atom. The quantitative estimate of drug-likeness (QED) is 0.555. The van der Waals surface area contributed by atoms with Gasteiger partial charge in [-0.25, -0.2) is 14.5 Å². The van der Waals surface area contributed by atoms with E-state index in [-0.39, 0.29) is 11.9 Å². The monoisotopic (exact) mass is 410 g/mol. The van der Waals surface area contributed by atoms with E-state index in [1.807, 2.05) is 72.4 Å². The number of nitrogens with one attached hydrogen (secondary N) is 1. The van der Waals surface area contributed by atoms with Crippen LogP contribution in [0.25, 0.3) is 16.9 Å². The average Bonchev–Trinajstić information content (AvgIpc) is 3.22. The van der Waals surface area contributed by atoms with E-state index in [1.54, 1.807) is 6.20 Å². The number of piperidine rings is 1. The van der Waals surface area contributed by atoms with Crippen LogP contribution < -0.4 is 10.2 Å². The van der Waals surface area contributed by atoms with Crippen LogP contribution in [-0.4, -0.2) is 37.6 Å². The van der Waals surface area contributed by atoms with Crippen LogP contribution in [0.2, 0.25) is 0 Å². The van der Waals surface area contributed by atoms with Gasteiger partial charge in [-0.05, 0) is 67.6 Å². The van der Waals surface area contributed by atoms with Crippen molar-refractivity contribution >= 4 is 22.9 Å². The summed E-state index contributed by atoms with van der Waals surface area (Å²) in [6.07, 6.45) is 7.52. The van der Waals surface area contributed by atoms with Crippen LogP contribution in [0, 0.1) is 12.8 Å². The van der Waals surface area contributed by atoms with E-state index >= 15 is 0 Å². The summed E-state index contributed by atoms with van der Waals surface area (Å²) < 4.78 is 1.81. The summed E-state index contributed by atoms with van der Waals surface area (Å²) in [5.41, 5.74) is 3.66. The molecule has 1 aliphatic carbocycles. The van der Waals surface area contributed by atoms with E-state index in [9.17, 15) is 4.79 Å². The summed E-state index contributed by atoms with van der Waals surface area (Å²) in [5, 5.41) is 7.73. The second kappa shape index (κ2) is 6.91. The fraction of sp³-hybridized carbons (Fsp3) is 0.250. The number of nitrogens with zero attached hydrogens (tertiary/aromatic N) is 5. The molecular formula is C24H22N6O. The van der Waals surface area contributed by atoms with E-state index in [0.29, 0.717) is 17.8 Å². The number of hydrogen-bond donors (Lipinski definition) is 1. The Bertz CT molecular complexity index is 1280. The van der Waals surface area contributed by atoms with Crippen LogP contribution in [0.3, 0.4) is 0 Å². The summed E-state index contributed by atoms with van der Waals surface area (Å²) >= 11 is 0. The van der Waals surface area contributed by atoms with E-state index in [0.717, 1.165) is 41.0 Å². The molecule has 3 aromatic heterocycles. The SMILES string of the molecule is Cc1ccc(NC(=O)C2CC3CC3N2c2ccccn2)cc1-c1ncc2cccn2n1. The number of pyridine rings is 1. The highest BCUT2D eigenvalue weighted by molar-refractivity contribution is 5.98. The second-order valence-corrected chi connectivity index (χ2v) is 8.39. The molecule has 1 aromatic carbocycles. The summed E-state index contributed by atoms with van der Waals surface area (Å²) in [7, 11) is 0. The fourth-order valence-electron chi connectivity index (χ4n) is 4.65. The van der Waals surface area contributed by atoms with Gasteiger partial charge < -0.3 is 10.2 Å². The highest BCUT2D eigenvalue weighted by Gasteiger charge is 2.54. The summed E-state index contributed by atoms with van der Waals surface area (Å²) in [4.78, 5) is 24.4. The topological polar surface area (TPSA) is 75.4 Å². The van der Waals surface area contributed by atoms with Crippen LogP contribution >= 0.6 is 0 Å². The zero-order valence-corrected chi connectivity index (χ0v) is 17.1. The third kappa shape index (κ3) is 3.13. The molecular weight excluding hydrogens is 388 g/mol. The molecule has 2 aliphatic rings. The molecule has 154 valence electrons. The first-order valence-electron chi connectivity index (χ1n) is 10.6. The smallest absolute Gasteiger partial charge is 0.247 e.